The van der Waals surface area contributed by atoms with Crippen LogP contribution in [0.2, 0.25) is 0 Å². The molecule has 228 valence electrons. The van der Waals surface area contributed by atoms with E-state index in [4.69, 9.17) is 15.2 Å². The number of rotatable bonds is 9. The fourth-order valence-electron chi connectivity index (χ4n) is 5.18. The molecule has 3 heterocycles. The Labute approximate surface area is 236 Å². The van der Waals surface area contributed by atoms with E-state index >= 15 is 0 Å². The van der Waals surface area contributed by atoms with Gasteiger partial charge in [0.05, 0.1) is 30.6 Å². The molecule has 5 rings (SSSR count). The Balaban J connectivity index is 1.14. The largest absolute Gasteiger partial charge is 0.488 e. The Morgan fingerprint density at radius 1 is 1.17 bits per heavy atom. The predicted octanol–water partition coefficient (Wildman–Crippen LogP) is 3.25. The molecule has 11 nitrogen and oxygen atoms in total. The van der Waals surface area contributed by atoms with Gasteiger partial charge in [0.15, 0.2) is 4.88 Å². The molecule has 2 amide bonds. The molecule has 3 aromatic heterocycles. The summed E-state index contributed by atoms with van der Waals surface area (Å²) in [5.74, 6) is -1.44. The molecule has 0 aromatic carbocycles. The number of hydrogen-bond donors (Lipinski definition) is 3. The van der Waals surface area contributed by atoms with Crippen LogP contribution < -0.4 is 25.3 Å². The van der Waals surface area contributed by atoms with Crippen molar-refractivity contribution in [2.24, 2.45) is 11.1 Å². The molecule has 0 radical (unpaired) electrons. The van der Waals surface area contributed by atoms with E-state index in [2.05, 4.69) is 20.1 Å². The number of primary amides is 1. The SMILES string of the molecule is COc1nc(O[C@H]2CC3(C[C@H](NC(=O)c4cnn5cc(OCC(O)(C(F)(F)F)C(F)(F)F)ccc45)C3)C2)c(C(N)=O)s1. The number of amides is 2. The number of nitrogens with one attached hydrogen (secondary N) is 1. The molecule has 2 aliphatic rings. The average Bonchev–Trinajstić information content (AvgIpc) is 3.47. The van der Waals surface area contributed by atoms with Gasteiger partial charge in [-0.2, -0.15) is 36.4 Å². The number of carbonyl (C=O) groups is 2. The van der Waals surface area contributed by atoms with E-state index in [1.165, 1.54) is 19.4 Å². The van der Waals surface area contributed by atoms with Crippen molar-refractivity contribution in [3.8, 4) is 16.8 Å². The number of aliphatic hydroxyl groups is 1. The number of nitrogens with zero attached hydrogens (tertiary/aromatic N) is 3. The third-order valence-corrected chi connectivity index (χ3v) is 8.40. The fraction of sp³-hybridized carbons (Fsp3) is 0.500. The van der Waals surface area contributed by atoms with Gasteiger partial charge in [-0.1, -0.05) is 11.3 Å². The van der Waals surface area contributed by atoms with Crippen molar-refractivity contribution >= 4 is 28.7 Å². The zero-order valence-electron chi connectivity index (χ0n) is 21.6. The third kappa shape index (κ3) is 5.28. The van der Waals surface area contributed by atoms with Crippen LogP contribution >= 0.6 is 11.3 Å². The molecular formula is C24H23F6N5O6S. The number of alkyl halides is 6. The number of halogens is 6. The summed E-state index contributed by atoms with van der Waals surface area (Å²) in [7, 11) is 1.41. The molecule has 0 bridgehead atoms. The van der Waals surface area contributed by atoms with Crippen molar-refractivity contribution in [1.82, 2.24) is 19.9 Å². The minimum atomic E-state index is -6.02. The van der Waals surface area contributed by atoms with Crippen LogP contribution in [0.15, 0.2) is 24.5 Å². The van der Waals surface area contributed by atoms with Crippen LogP contribution in [0.25, 0.3) is 5.52 Å². The summed E-state index contributed by atoms with van der Waals surface area (Å²) in [5.41, 5.74) is 0.639. The molecular weight excluding hydrogens is 600 g/mol. The summed E-state index contributed by atoms with van der Waals surface area (Å²) in [6.45, 7) is -2.13. The number of thiazole rings is 1. The number of fused-ring (bicyclic) bond motifs is 1. The lowest BCUT2D eigenvalue weighted by Crippen LogP contribution is -2.60. The quantitative estimate of drug-likeness (QED) is 0.308. The molecule has 2 aliphatic carbocycles. The average molecular weight is 624 g/mol. The van der Waals surface area contributed by atoms with Gasteiger partial charge in [0.1, 0.15) is 18.5 Å². The zero-order valence-corrected chi connectivity index (χ0v) is 22.4. The first-order chi connectivity index (χ1) is 19.5. The van der Waals surface area contributed by atoms with E-state index in [-0.39, 0.29) is 44.6 Å². The highest BCUT2D eigenvalue weighted by molar-refractivity contribution is 7.15. The van der Waals surface area contributed by atoms with Crippen molar-refractivity contribution in [3.63, 3.8) is 0 Å². The highest BCUT2D eigenvalue weighted by Crippen LogP contribution is 2.57. The summed E-state index contributed by atoms with van der Waals surface area (Å²) in [5, 5.41) is 16.3. The van der Waals surface area contributed by atoms with Gasteiger partial charge in [0, 0.05) is 6.04 Å². The van der Waals surface area contributed by atoms with Crippen molar-refractivity contribution in [1.29, 1.82) is 0 Å². The summed E-state index contributed by atoms with van der Waals surface area (Å²) in [4.78, 5) is 28.8. The summed E-state index contributed by atoms with van der Waals surface area (Å²) in [6, 6.07) is 2.18. The van der Waals surface area contributed by atoms with Gasteiger partial charge in [-0.3, -0.25) is 9.59 Å². The Morgan fingerprint density at radius 3 is 2.43 bits per heavy atom. The van der Waals surface area contributed by atoms with E-state index < -0.39 is 42.1 Å². The minimum Gasteiger partial charge on any atom is -0.488 e. The first kappa shape index (κ1) is 29.7. The Morgan fingerprint density at radius 2 is 1.83 bits per heavy atom. The normalized spacial score (nSPS) is 22.4. The lowest BCUT2D eigenvalue weighted by molar-refractivity contribution is -0.373. The second-order valence-electron chi connectivity index (χ2n) is 10.3. The standard InChI is InChI=1S/C24H23F6N5O6S/c1-39-20-34-19(16(42-20)17(31)36)41-13-6-21(7-13)4-11(5-21)33-18(37)14-8-32-35-9-12(2-3-15(14)35)40-10-22(38,23(25,26)27)24(28,29)30/h2-3,8-9,11,13,38H,4-7,10H2,1H3,(H2,31,36)(H,33,37)/t11-,13-,21?. The molecule has 3 aromatic rings. The maximum absolute atomic E-state index is 12.9. The Hall–Kier alpha value is -3.80. The molecule has 18 heteroatoms. The van der Waals surface area contributed by atoms with Gasteiger partial charge in [0.25, 0.3) is 22.6 Å². The van der Waals surface area contributed by atoms with Crippen molar-refractivity contribution in [2.45, 2.75) is 55.8 Å². The summed E-state index contributed by atoms with van der Waals surface area (Å²) < 4.78 is 93.9. The minimum absolute atomic E-state index is 0.0301. The second-order valence-corrected chi connectivity index (χ2v) is 11.3. The number of pyridine rings is 1. The Bertz CT molecular complexity index is 1490. The van der Waals surface area contributed by atoms with E-state index in [1.807, 2.05) is 0 Å². The first-order valence-electron chi connectivity index (χ1n) is 12.3. The van der Waals surface area contributed by atoms with Crippen molar-refractivity contribution < 1.29 is 55.2 Å². The molecule has 0 unspecified atom stereocenters. The number of nitrogens with two attached hydrogens (primary N) is 1. The molecule has 0 atom stereocenters. The first-order valence-corrected chi connectivity index (χ1v) is 13.1. The Kier molecular flexibility index (Phi) is 7.19. The molecule has 0 saturated heterocycles. The van der Waals surface area contributed by atoms with Gasteiger partial charge in [-0.25, -0.2) is 4.52 Å². The van der Waals surface area contributed by atoms with Crippen LogP contribution in [0.5, 0.6) is 16.8 Å². The molecule has 2 fully saturated rings. The van der Waals surface area contributed by atoms with Crippen LogP contribution in [-0.4, -0.2) is 75.3 Å². The predicted molar refractivity (Wildman–Crippen MR) is 132 cm³/mol. The van der Waals surface area contributed by atoms with Crippen molar-refractivity contribution in [2.75, 3.05) is 13.7 Å². The summed E-state index contributed by atoms with van der Waals surface area (Å²) >= 11 is 0.990. The molecule has 1 spiro atoms. The molecule has 42 heavy (non-hydrogen) atoms. The zero-order chi connectivity index (χ0) is 30.7. The number of hydrogen-bond acceptors (Lipinski definition) is 9. The fourth-order valence-corrected chi connectivity index (χ4v) is 5.85. The van der Waals surface area contributed by atoms with Gasteiger partial charge in [0.2, 0.25) is 5.88 Å². The van der Waals surface area contributed by atoms with Crippen LogP contribution in [-0.2, 0) is 0 Å². The number of methoxy groups -OCH3 is 1. The second kappa shape index (κ2) is 10.2. The molecule has 2 saturated carbocycles. The number of aromatic nitrogens is 3. The maximum Gasteiger partial charge on any atom is 0.429 e. The smallest absolute Gasteiger partial charge is 0.429 e. The van der Waals surface area contributed by atoms with Crippen LogP contribution in [0.3, 0.4) is 0 Å². The topological polar surface area (TPSA) is 150 Å². The van der Waals surface area contributed by atoms with Gasteiger partial charge >= 0.3 is 12.4 Å². The van der Waals surface area contributed by atoms with Gasteiger partial charge in [-0.05, 0) is 43.2 Å². The highest BCUT2D eigenvalue weighted by atomic mass is 32.1. The number of ether oxygens (including phenoxy) is 3. The van der Waals surface area contributed by atoms with Gasteiger partial charge < -0.3 is 30.4 Å². The van der Waals surface area contributed by atoms with E-state index in [0.29, 0.717) is 25.7 Å². The number of carbonyl (C=O) groups excluding carboxylic acids is 2. The maximum atomic E-state index is 12.9. The lowest BCUT2D eigenvalue weighted by Gasteiger charge is -2.57. The van der Waals surface area contributed by atoms with E-state index in [0.717, 1.165) is 28.1 Å². The molecule has 0 aliphatic heterocycles. The van der Waals surface area contributed by atoms with Crippen LogP contribution in [0.1, 0.15) is 45.7 Å². The monoisotopic (exact) mass is 623 g/mol. The van der Waals surface area contributed by atoms with Crippen molar-refractivity contribution in [3.05, 3.63) is 35.0 Å². The van der Waals surface area contributed by atoms with E-state index in [9.17, 15) is 41.0 Å². The van der Waals surface area contributed by atoms with E-state index in [1.54, 1.807) is 0 Å². The van der Waals surface area contributed by atoms with Crippen LogP contribution in [0, 0.1) is 5.41 Å². The van der Waals surface area contributed by atoms with Crippen LogP contribution in [0.4, 0.5) is 26.3 Å². The van der Waals surface area contributed by atoms with Gasteiger partial charge in [-0.15, -0.1) is 0 Å². The highest BCUT2D eigenvalue weighted by Gasteiger charge is 2.71. The summed E-state index contributed by atoms with van der Waals surface area (Å²) in [6.07, 6.45) is -7.29. The third-order valence-electron chi connectivity index (χ3n) is 7.39. The molecule has 4 N–H and O–H groups in total. The lowest BCUT2D eigenvalue weighted by atomic mass is 9.53.